The van der Waals surface area contributed by atoms with Crippen molar-refractivity contribution in [3.8, 4) is 6.07 Å². The topological polar surface area (TPSA) is 124 Å². The van der Waals surface area contributed by atoms with Gasteiger partial charge in [-0.25, -0.2) is 14.4 Å². The van der Waals surface area contributed by atoms with Crippen LogP contribution in [0.4, 0.5) is 0 Å². The second-order valence-electron chi connectivity index (χ2n) is 4.03. The third-order valence-electron chi connectivity index (χ3n) is 2.71. The number of methoxy groups -OCH3 is 1. The zero-order valence-corrected chi connectivity index (χ0v) is 12.4. The molecular weight excluding hydrogens is 296 g/mol. The molecule has 1 fully saturated rings. The lowest BCUT2D eigenvalue weighted by Crippen LogP contribution is -2.51. The molecule has 0 radical (unpaired) electrons. The summed E-state index contributed by atoms with van der Waals surface area (Å²) in [5, 5.41) is 11.5. The molecule has 9 heteroatoms. The standard InChI is InChI=1S/C13H16N2O7/c1-4-20-11(17)13(12(18)21-5-2)7-15-9(22-13)8(6-14)10(16)19-3/h15H,4-5,7H2,1-3H3/b9-8-. The molecule has 1 rings (SSSR count). The van der Waals surface area contributed by atoms with Gasteiger partial charge in [0.15, 0.2) is 5.57 Å². The quantitative estimate of drug-likeness (QED) is 0.232. The van der Waals surface area contributed by atoms with E-state index in [0.717, 1.165) is 7.11 Å². The lowest BCUT2D eigenvalue weighted by molar-refractivity contribution is -0.180. The zero-order chi connectivity index (χ0) is 16.8. The molecule has 1 N–H and O–H groups in total. The van der Waals surface area contributed by atoms with Crippen LogP contribution in [-0.4, -0.2) is 50.4 Å². The minimum atomic E-state index is -2.10. The van der Waals surface area contributed by atoms with Gasteiger partial charge < -0.3 is 24.3 Å². The minimum absolute atomic E-state index is 0.0184. The molecule has 0 aromatic rings. The Kier molecular flexibility index (Phi) is 5.74. The highest BCUT2D eigenvalue weighted by Gasteiger charge is 2.56. The average molecular weight is 312 g/mol. The van der Waals surface area contributed by atoms with Crippen molar-refractivity contribution in [2.75, 3.05) is 26.9 Å². The van der Waals surface area contributed by atoms with Crippen molar-refractivity contribution in [3.63, 3.8) is 0 Å². The van der Waals surface area contributed by atoms with E-state index in [1.807, 2.05) is 0 Å². The molecule has 0 aliphatic carbocycles. The average Bonchev–Trinajstić information content (AvgIpc) is 2.94. The fourth-order valence-electron chi connectivity index (χ4n) is 1.69. The molecule has 1 heterocycles. The predicted molar refractivity (Wildman–Crippen MR) is 69.7 cm³/mol. The number of nitrogens with zero attached hydrogens (tertiary/aromatic N) is 1. The molecule has 0 spiro atoms. The third kappa shape index (κ3) is 3.11. The van der Waals surface area contributed by atoms with E-state index in [1.165, 1.54) is 0 Å². The fraction of sp³-hybridized carbons (Fsp3) is 0.538. The summed E-state index contributed by atoms with van der Waals surface area (Å²) in [5.74, 6) is -3.25. The number of nitrogens with one attached hydrogen (secondary N) is 1. The van der Waals surface area contributed by atoms with Crippen LogP contribution in [0.1, 0.15) is 13.8 Å². The molecule has 0 saturated carbocycles. The van der Waals surface area contributed by atoms with Crippen LogP contribution in [0.15, 0.2) is 11.5 Å². The van der Waals surface area contributed by atoms with Gasteiger partial charge in [-0.2, -0.15) is 5.26 Å². The van der Waals surface area contributed by atoms with Crippen LogP contribution in [-0.2, 0) is 33.3 Å². The summed E-state index contributed by atoms with van der Waals surface area (Å²) >= 11 is 0. The van der Waals surface area contributed by atoms with Crippen LogP contribution in [0.5, 0.6) is 0 Å². The van der Waals surface area contributed by atoms with Crippen LogP contribution >= 0.6 is 0 Å². The van der Waals surface area contributed by atoms with E-state index in [1.54, 1.807) is 19.9 Å². The number of carbonyl (C=O) groups is 3. The first-order valence-corrected chi connectivity index (χ1v) is 6.46. The normalized spacial score (nSPS) is 17.4. The summed E-state index contributed by atoms with van der Waals surface area (Å²) in [6, 6.07) is 1.59. The maximum absolute atomic E-state index is 12.1. The van der Waals surface area contributed by atoms with Gasteiger partial charge in [0.05, 0.1) is 26.9 Å². The zero-order valence-electron chi connectivity index (χ0n) is 12.4. The molecule has 0 atom stereocenters. The van der Waals surface area contributed by atoms with E-state index in [2.05, 4.69) is 10.1 Å². The van der Waals surface area contributed by atoms with Crippen molar-refractivity contribution in [3.05, 3.63) is 11.5 Å². The van der Waals surface area contributed by atoms with Crippen molar-refractivity contribution in [1.29, 1.82) is 5.26 Å². The number of nitriles is 1. The summed E-state index contributed by atoms with van der Waals surface area (Å²) in [5.41, 5.74) is -2.60. The highest BCUT2D eigenvalue weighted by molar-refractivity contribution is 6.05. The van der Waals surface area contributed by atoms with Gasteiger partial charge >= 0.3 is 23.5 Å². The lowest BCUT2D eigenvalue weighted by Gasteiger charge is -2.22. The number of carbonyl (C=O) groups excluding carboxylic acids is 3. The lowest BCUT2D eigenvalue weighted by atomic mass is 10.1. The van der Waals surface area contributed by atoms with E-state index in [9.17, 15) is 14.4 Å². The maximum Gasteiger partial charge on any atom is 0.364 e. The van der Waals surface area contributed by atoms with E-state index >= 15 is 0 Å². The predicted octanol–water partition coefficient (Wildman–Crippen LogP) is -0.621. The van der Waals surface area contributed by atoms with Gasteiger partial charge in [0.2, 0.25) is 5.88 Å². The highest BCUT2D eigenvalue weighted by Crippen LogP contribution is 2.26. The summed E-state index contributed by atoms with van der Waals surface area (Å²) in [6.07, 6.45) is 0. The molecule has 0 aromatic heterocycles. The molecule has 0 aromatic carbocycles. The first kappa shape index (κ1) is 17.3. The van der Waals surface area contributed by atoms with Gasteiger partial charge in [-0.1, -0.05) is 0 Å². The first-order chi connectivity index (χ1) is 10.5. The Labute approximate surface area is 126 Å². The molecule has 0 unspecified atom stereocenters. The summed E-state index contributed by atoms with van der Waals surface area (Å²) in [7, 11) is 1.08. The smallest absolute Gasteiger partial charge is 0.364 e. The Bertz CT molecular complexity index is 529. The molecular formula is C13H16N2O7. The molecule has 9 nitrogen and oxygen atoms in total. The maximum atomic E-state index is 12.1. The Morgan fingerprint density at radius 2 is 1.82 bits per heavy atom. The van der Waals surface area contributed by atoms with Crippen LogP contribution in [0.3, 0.4) is 0 Å². The largest absolute Gasteiger partial charge is 0.465 e. The Morgan fingerprint density at radius 3 is 2.23 bits per heavy atom. The molecule has 0 bridgehead atoms. The van der Waals surface area contributed by atoms with Gasteiger partial charge in [0, 0.05) is 0 Å². The summed E-state index contributed by atoms with van der Waals surface area (Å²) < 4.78 is 19.3. The van der Waals surface area contributed by atoms with Gasteiger partial charge in [0.1, 0.15) is 6.07 Å². The molecule has 0 amide bonds. The van der Waals surface area contributed by atoms with Crippen LogP contribution < -0.4 is 5.32 Å². The Balaban J connectivity index is 3.21. The molecule has 1 saturated heterocycles. The number of hydrogen-bond acceptors (Lipinski definition) is 9. The van der Waals surface area contributed by atoms with E-state index in [-0.39, 0.29) is 25.6 Å². The fourth-order valence-corrected chi connectivity index (χ4v) is 1.69. The summed E-state index contributed by atoms with van der Waals surface area (Å²) in [6.45, 7) is 2.83. The SMILES string of the molecule is CCOC(=O)C1(C(=O)OCC)CN/C(=C(\C#N)C(=O)OC)O1. The molecule has 22 heavy (non-hydrogen) atoms. The van der Waals surface area contributed by atoms with Crippen LogP contribution in [0.2, 0.25) is 0 Å². The number of rotatable bonds is 5. The van der Waals surface area contributed by atoms with E-state index < -0.39 is 29.1 Å². The van der Waals surface area contributed by atoms with Crippen molar-refractivity contribution >= 4 is 17.9 Å². The molecule has 1 aliphatic rings. The molecule has 120 valence electrons. The van der Waals surface area contributed by atoms with Crippen molar-refractivity contribution in [2.45, 2.75) is 19.4 Å². The third-order valence-corrected chi connectivity index (χ3v) is 2.71. The number of hydrogen-bond donors (Lipinski definition) is 1. The van der Waals surface area contributed by atoms with Crippen molar-refractivity contribution < 1.29 is 33.3 Å². The van der Waals surface area contributed by atoms with Gasteiger partial charge in [0.25, 0.3) is 0 Å². The number of esters is 3. The second kappa shape index (κ2) is 7.31. The summed E-state index contributed by atoms with van der Waals surface area (Å²) in [4.78, 5) is 35.6. The second-order valence-corrected chi connectivity index (χ2v) is 4.03. The van der Waals surface area contributed by atoms with Crippen molar-refractivity contribution in [1.82, 2.24) is 5.32 Å². The van der Waals surface area contributed by atoms with Crippen LogP contribution in [0.25, 0.3) is 0 Å². The Hall–Kier alpha value is -2.76. The van der Waals surface area contributed by atoms with Gasteiger partial charge in [-0.05, 0) is 13.8 Å². The van der Waals surface area contributed by atoms with E-state index in [0.29, 0.717) is 0 Å². The van der Waals surface area contributed by atoms with Gasteiger partial charge in [-0.3, -0.25) is 0 Å². The monoisotopic (exact) mass is 312 g/mol. The molecule has 1 aliphatic heterocycles. The Morgan fingerprint density at radius 1 is 1.27 bits per heavy atom. The number of ether oxygens (including phenoxy) is 4. The highest BCUT2D eigenvalue weighted by atomic mass is 16.6. The van der Waals surface area contributed by atoms with Crippen molar-refractivity contribution in [2.24, 2.45) is 0 Å². The van der Waals surface area contributed by atoms with Crippen LogP contribution in [0, 0.1) is 11.3 Å². The van der Waals surface area contributed by atoms with Gasteiger partial charge in [-0.15, -0.1) is 0 Å². The first-order valence-electron chi connectivity index (χ1n) is 6.46. The van der Waals surface area contributed by atoms with E-state index in [4.69, 9.17) is 19.5 Å². The minimum Gasteiger partial charge on any atom is -0.465 e.